The molecule has 94 valence electrons. The Kier molecular flexibility index (Phi) is 2.79. The Hall–Kier alpha value is -2.56. The van der Waals surface area contributed by atoms with Crippen LogP contribution in [0.25, 0.3) is 17.1 Å². The molecule has 0 N–H and O–H groups in total. The fourth-order valence-electron chi connectivity index (χ4n) is 1.81. The molecule has 0 spiro atoms. The molecule has 0 aliphatic carbocycles. The predicted molar refractivity (Wildman–Crippen MR) is 66.7 cm³/mol. The number of hydrogen-bond acceptors (Lipinski definition) is 2. The van der Waals surface area contributed by atoms with Gasteiger partial charge < -0.3 is 0 Å². The van der Waals surface area contributed by atoms with Crippen LogP contribution < -0.4 is 0 Å². The second-order valence-corrected chi connectivity index (χ2v) is 3.98. The molecule has 0 radical (unpaired) electrons. The van der Waals surface area contributed by atoms with Gasteiger partial charge in [-0.3, -0.25) is 0 Å². The van der Waals surface area contributed by atoms with Gasteiger partial charge in [-0.05, 0) is 48.5 Å². The normalized spacial score (nSPS) is 10.6. The summed E-state index contributed by atoms with van der Waals surface area (Å²) in [5.74, 6) is -0.0459. The maximum absolute atomic E-state index is 12.9. The monoisotopic (exact) mass is 257 g/mol. The lowest BCUT2D eigenvalue weighted by atomic mass is 10.2. The van der Waals surface area contributed by atoms with Crippen LogP contribution in [0.2, 0.25) is 0 Å². The van der Waals surface area contributed by atoms with Gasteiger partial charge in [0, 0.05) is 5.56 Å². The van der Waals surface area contributed by atoms with Crippen LogP contribution in [0.5, 0.6) is 0 Å². The Labute approximate surface area is 108 Å². The Balaban J connectivity index is 2.07. The van der Waals surface area contributed by atoms with Gasteiger partial charge in [-0.15, -0.1) is 0 Å². The topological polar surface area (TPSA) is 30.7 Å². The first kappa shape index (κ1) is 11.5. The maximum Gasteiger partial charge on any atom is 0.163 e. The lowest BCUT2D eigenvalue weighted by Gasteiger charge is -2.05. The smallest absolute Gasteiger partial charge is 0.163 e. The summed E-state index contributed by atoms with van der Waals surface area (Å²) in [6.45, 7) is 0. The van der Waals surface area contributed by atoms with E-state index < -0.39 is 0 Å². The molecular formula is C14H9F2N3. The summed E-state index contributed by atoms with van der Waals surface area (Å²) in [6.07, 6.45) is 1.40. The number of halogens is 2. The van der Waals surface area contributed by atoms with Crippen LogP contribution in [0.15, 0.2) is 54.9 Å². The minimum absolute atomic E-state index is 0.309. The molecule has 3 rings (SSSR count). The molecule has 0 amide bonds. The van der Waals surface area contributed by atoms with Crippen molar-refractivity contribution in [3.8, 4) is 17.1 Å². The highest BCUT2D eigenvalue weighted by Crippen LogP contribution is 2.20. The van der Waals surface area contributed by atoms with Gasteiger partial charge in [0.05, 0.1) is 5.69 Å². The zero-order chi connectivity index (χ0) is 13.2. The van der Waals surface area contributed by atoms with E-state index in [0.717, 1.165) is 5.56 Å². The summed E-state index contributed by atoms with van der Waals surface area (Å²) in [6, 6.07) is 11.9. The molecule has 5 heteroatoms. The van der Waals surface area contributed by atoms with Crippen LogP contribution in [-0.4, -0.2) is 14.8 Å². The van der Waals surface area contributed by atoms with Crippen molar-refractivity contribution in [1.29, 1.82) is 0 Å². The summed E-state index contributed by atoms with van der Waals surface area (Å²) in [5, 5.41) is 4.10. The Morgan fingerprint density at radius 2 is 1.37 bits per heavy atom. The Bertz CT molecular complexity index is 627. The molecule has 1 aromatic heterocycles. The minimum atomic E-state index is -0.313. The molecule has 0 saturated heterocycles. The van der Waals surface area contributed by atoms with E-state index in [0.29, 0.717) is 11.5 Å². The van der Waals surface area contributed by atoms with E-state index in [9.17, 15) is 8.78 Å². The summed E-state index contributed by atoms with van der Waals surface area (Å²) in [5.41, 5.74) is 1.43. The van der Waals surface area contributed by atoms with Gasteiger partial charge in [0.1, 0.15) is 18.0 Å². The molecule has 3 nitrogen and oxygen atoms in total. The summed E-state index contributed by atoms with van der Waals surface area (Å²) in [7, 11) is 0. The predicted octanol–water partition coefficient (Wildman–Crippen LogP) is 3.21. The first-order valence-corrected chi connectivity index (χ1v) is 5.66. The van der Waals surface area contributed by atoms with Crippen LogP contribution in [0.4, 0.5) is 8.78 Å². The first-order valence-electron chi connectivity index (χ1n) is 5.66. The summed E-state index contributed by atoms with van der Waals surface area (Å²) in [4.78, 5) is 4.15. The van der Waals surface area contributed by atoms with Gasteiger partial charge in [0.15, 0.2) is 5.82 Å². The molecule has 0 fully saturated rings. The van der Waals surface area contributed by atoms with Crippen LogP contribution in [0, 0.1) is 11.6 Å². The minimum Gasteiger partial charge on any atom is -0.215 e. The second kappa shape index (κ2) is 4.61. The average Bonchev–Trinajstić information content (AvgIpc) is 2.90. The van der Waals surface area contributed by atoms with Crippen LogP contribution in [0.3, 0.4) is 0 Å². The molecule has 2 aromatic carbocycles. The maximum atomic E-state index is 12.9. The summed E-state index contributed by atoms with van der Waals surface area (Å²) < 4.78 is 27.4. The second-order valence-electron chi connectivity index (χ2n) is 3.98. The molecule has 0 saturated carbocycles. The van der Waals surface area contributed by atoms with Crippen LogP contribution in [0.1, 0.15) is 0 Å². The number of aromatic nitrogens is 3. The molecule has 0 unspecified atom stereocenters. The zero-order valence-corrected chi connectivity index (χ0v) is 9.79. The molecule has 1 heterocycles. The fraction of sp³-hybridized carbons (Fsp3) is 0. The molecule has 0 aliphatic heterocycles. The zero-order valence-electron chi connectivity index (χ0n) is 9.79. The van der Waals surface area contributed by atoms with E-state index in [1.807, 2.05) is 0 Å². The molecule has 19 heavy (non-hydrogen) atoms. The lowest BCUT2D eigenvalue weighted by Crippen LogP contribution is -1.99. The van der Waals surface area contributed by atoms with E-state index in [1.165, 1.54) is 30.6 Å². The molecular weight excluding hydrogens is 248 g/mol. The highest BCUT2D eigenvalue weighted by molar-refractivity contribution is 5.57. The molecule has 0 bridgehead atoms. The van der Waals surface area contributed by atoms with Gasteiger partial charge >= 0.3 is 0 Å². The van der Waals surface area contributed by atoms with Gasteiger partial charge in [0.25, 0.3) is 0 Å². The van der Waals surface area contributed by atoms with Crippen molar-refractivity contribution in [3.05, 3.63) is 66.5 Å². The third kappa shape index (κ3) is 2.22. The standard InChI is InChI=1S/C14H9F2N3/c15-11-3-1-10(2-4-11)14-17-9-18-19(14)13-7-5-12(16)6-8-13/h1-9H. The van der Waals surface area contributed by atoms with E-state index in [2.05, 4.69) is 10.1 Å². The van der Waals surface area contributed by atoms with Crippen molar-refractivity contribution in [1.82, 2.24) is 14.8 Å². The Morgan fingerprint density at radius 1 is 0.789 bits per heavy atom. The third-order valence-corrected chi connectivity index (χ3v) is 2.72. The van der Waals surface area contributed by atoms with Crippen molar-refractivity contribution < 1.29 is 8.78 Å². The number of hydrogen-bond donors (Lipinski definition) is 0. The van der Waals surface area contributed by atoms with Crippen molar-refractivity contribution in [2.45, 2.75) is 0 Å². The third-order valence-electron chi connectivity index (χ3n) is 2.72. The van der Waals surface area contributed by atoms with Gasteiger partial charge in [0.2, 0.25) is 0 Å². The van der Waals surface area contributed by atoms with E-state index in [-0.39, 0.29) is 11.6 Å². The first-order chi connectivity index (χ1) is 9.24. The number of nitrogens with zero attached hydrogens (tertiary/aromatic N) is 3. The molecule has 3 aromatic rings. The Morgan fingerprint density at radius 3 is 2.00 bits per heavy atom. The van der Waals surface area contributed by atoms with Crippen molar-refractivity contribution in [3.63, 3.8) is 0 Å². The van der Waals surface area contributed by atoms with Crippen molar-refractivity contribution >= 4 is 0 Å². The highest BCUT2D eigenvalue weighted by Gasteiger charge is 2.09. The van der Waals surface area contributed by atoms with E-state index in [1.54, 1.807) is 28.9 Å². The van der Waals surface area contributed by atoms with Crippen molar-refractivity contribution in [2.24, 2.45) is 0 Å². The van der Waals surface area contributed by atoms with Crippen LogP contribution >= 0.6 is 0 Å². The average molecular weight is 257 g/mol. The van der Waals surface area contributed by atoms with Gasteiger partial charge in [-0.1, -0.05) is 0 Å². The van der Waals surface area contributed by atoms with Gasteiger partial charge in [-0.2, -0.15) is 5.10 Å². The number of rotatable bonds is 2. The van der Waals surface area contributed by atoms with Crippen molar-refractivity contribution in [2.75, 3.05) is 0 Å². The van der Waals surface area contributed by atoms with E-state index >= 15 is 0 Å². The SMILES string of the molecule is Fc1ccc(-c2ncnn2-c2ccc(F)cc2)cc1. The largest absolute Gasteiger partial charge is 0.215 e. The molecule has 0 atom stereocenters. The molecule has 0 aliphatic rings. The van der Waals surface area contributed by atoms with Crippen LogP contribution in [-0.2, 0) is 0 Å². The quantitative estimate of drug-likeness (QED) is 0.705. The lowest BCUT2D eigenvalue weighted by molar-refractivity contribution is 0.626. The fourth-order valence-corrected chi connectivity index (χ4v) is 1.81. The van der Waals surface area contributed by atoms with Gasteiger partial charge in [-0.25, -0.2) is 18.4 Å². The highest BCUT2D eigenvalue weighted by atomic mass is 19.1. The number of benzene rings is 2. The van der Waals surface area contributed by atoms with E-state index in [4.69, 9.17) is 0 Å². The summed E-state index contributed by atoms with van der Waals surface area (Å²) >= 11 is 0.